The summed E-state index contributed by atoms with van der Waals surface area (Å²) in [5.41, 5.74) is 2.26. The molecular weight excluding hydrogens is 410 g/mol. The summed E-state index contributed by atoms with van der Waals surface area (Å²) in [4.78, 5) is 26.1. The van der Waals surface area contributed by atoms with Crippen LogP contribution in [0.15, 0.2) is 48.9 Å². The van der Waals surface area contributed by atoms with E-state index >= 15 is 0 Å². The van der Waals surface area contributed by atoms with E-state index in [1.165, 1.54) is 11.1 Å². The van der Waals surface area contributed by atoms with Crippen molar-refractivity contribution in [2.75, 3.05) is 12.4 Å². The summed E-state index contributed by atoms with van der Waals surface area (Å²) in [6.45, 7) is 6.75. The van der Waals surface area contributed by atoms with Crippen LogP contribution >= 0.6 is 0 Å². The number of benzene rings is 1. The summed E-state index contributed by atoms with van der Waals surface area (Å²) in [6, 6.07) is 10.8. The van der Waals surface area contributed by atoms with Crippen molar-refractivity contribution in [1.82, 2.24) is 30.2 Å². The third-order valence-corrected chi connectivity index (χ3v) is 4.67. The largest absolute Gasteiger partial charge is 0.439 e. The number of carbonyl (C=O) groups excluding carboxylic acids is 1. The molecule has 3 aromatic heterocycles. The average Bonchev–Trinajstić information content (AvgIpc) is 3.36. The van der Waals surface area contributed by atoms with Crippen molar-refractivity contribution in [2.45, 2.75) is 32.7 Å². The third-order valence-electron chi connectivity index (χ3n) is 4.67. The molecule has 0 aliphatic rings. The lowest BCUT2D eigenvalue weighted by atomic mass is 9.92. The van der Waals surface area contributed by atoms with Crippen LogP contribution in [-0.4, -0.2) is 38.0 Å². The molecular formula is C22H25N7O3. The van der Waals surface area contributed by atoms with Gasteiger partial charge in [0.05, 0.1) is 16.9 Å². The fourth-order valence-electron chi connectivity index (χ4n) is 3.06. The number of rotatable bonds is 6. The standard InChI is InChI=1S/C22H25N7O3/c1-22(2,3)18-11-19(28-27-18)26-21(30)32-29-8-7-14-9-16(5-6-17(14)29)31-20-10-15(12-23-4)24-13-25-20/h5-11,13,23H,12H2,1-4H3,(H2,26,27,28,30). The predicted molar refractivity (Wildman–Crippen MR) is 120 cm³/mol. The first-order valence-corrected chi connectivity index (χ1v) is 10.1. The fourth-order valence-corrected chi connectivity index (χ4v) is 3.06. The number of hydrogen-bond acceptors (Lipinski definition) is 7. The van der Waals surface area contributed by atoms with E-state index < -0.39 is 6.09 Å². The van der Waals surface area contributed by atoms with Crippen LogP contribution in [0.2, 0.25) is 0 Å². The molecule has 0 atom stereocenters. The molecule has 1 aromatic carbocycles. The zero-order valence-electron chi connectivity index (χ0n) is 18.3. The summed E-state index contributed by atoms with van der Waals surface area (Å²) in [6.07, 6.45) is 2.50. The van der Waals surface area contributed by atoms with E-state index in [0.717, 1.165) is 16.8 Å². The maximum atomic E-state index is 12.3. The maximum absolute atomic E-state index is 12.3. The quantitative estimate of drug-likeness (QED) is 0.423. The van der Waals surface area contributed by atoms with E-state index in [9.17, 15) is 4.79 Å². The Hall–Kier alpha value is -3.92. The number of anilines is 1. The van der Waals surface area contributed by atoms with E-state index in [1.54, 1.807) is 24.4 Å². The van der Waals surface area contributed by atoms with Crippen LogP contribution < -0.4 is 20.2 Å². The summed E-state index contributed by atoms with van der Waals surface area (Å²) in [7, 11) is 1.85. The van der Waals surface area contributed by atoms with Gasteiger partial charge in [-0.3, -0.25) is 10.4 Å². The highest BCUT2D eigenvalue weighted by Gasteiger charge is 2.18. The number of aromatic amines is 1. The molecule has 0 radical (unpaired) electrons. The molecule has 0 fully saturated rings. The second kappa shape index (κ2) is 8.67. The van der Waals surface area contributed by atoms with E-state index in [0.29, 0.717) is 29.5 Å². The van der Waals surface area contributed by atoms with Gasteiger partial charge in [0, 0.05) is 35.7 Å². The average molecular weight is 435 g/mol. The van der Waals surface area contributed by atoms with Crippen LogP contribution in [0.3, 0.4) is 0 Å². The van der Waals surface area contributed by atoms with Gasteiger partial charge in [-0.1, -0.05) is 20.8 Å². The Labute approximate surface area is 184 Å². The second-order valence-corrected chi connectivity index (χ2v) is 8.26. The predicted octanol–water partition coefficient (Wildman–Crippen LogP) is 3.62. The molecule has 4 aromatic rings. The molecule has 0 aliphatic carbocycles. The monoisotopic (exact) mass is 435 g/mol. The number of nitrogens with one attached hydrogen (secondary N) is 3. The second-order valence-electron chi connectivity index (χ2n) is 8.26. The molecule has 0 spiro atoms. The van der Waals surface area contributed by atoms with E-state index in [2.05, 4.69) is 30.8 Å². The van der Waals surface area contributed by atoms with Crippen molar-refractivity contribution in [1.29, 1.82) is 0 Å². The molecule has 3 N–H and O–H groups in total. The normalized spacial score (nSPS) is 11.5. The van der Waals surface area contributed by atoms with Gasteiger partial charge in [0.1, 0.15) is 17.9 Å². The van der Waals surface area contributed by atoms with E-state index in [4.69, 9.17) is 9.57 Å². The van der Waals surface area contributed by atoms with Gasteiger partial charge in [-0.2, -0.15) is 9.83 Å². The van der Waals surface area contributed by atoms with Gasteiger partial charge in [0.2, 0.25) is 5.88 Å². The van der Waals surface area contributed by atoms with Crippen molar-refractivity contribution >= 4 is 22.8 Å². The Balaban J connectivity index is 1.44. The number of amides is 1. The minimum Gasteiger partial charge on any atom is -0.439 e. The first-order chi connectivity index (χ1) is 15.3. The smallest absolute Gasteiger partial charge is 0.437 e. The van der Waals surface area contributed by atoms with E-state index in [-0.39, 0.29) is 5.41 Å². The van der Waals surface area contributed by atoms with Gasteiger partial charge in [-0.25, -0.2) is 14.8 Å². The molecule has 3 heterocycles. The molecule has 0 saturated heterocycles. The molecule has 10 heteroatoms. The van der Waals surface area contributed by atoms with Gasteiger partial charge in [0.25, 0.3) is 0 Å². The number of hydrogen-bond donors (Lipinski definition) is 3. The van der Waals surface area contributed by atoms with Crippen LogP contribution in [0, 0.1) is 0 Å². The molecule has 1 amide bonds. The highest BCUT2D eigenvalue weighted by atomic mass is 16.7. The first-order valence-electron chi connectivity index (χ1n) is 10.1. The topological polar surface area (TPSA) is 119 Å². The highest BCUT2D eigenvalue weighted by molar-refractivity contribution is 5.86. The van der Waals surface area contributed by atoms with Gasteiger partial charge < -0.3 is 14.9 Å². The number of fused-ring (bicyclic) bond motifs is 1. The first kappa shape index (κ1) is 21.3. The zero-order chi connectivity index (χ0) is 22.7. The minimum absolute atomic E-state index is 0.128. The molecule has 32 heavy (non-hydrogen) atoms. The number of H-pyrrole nitrogens is 1. The van der Waals surface area contributed by atoms with Crippen LogP contribution in [0.25, 0.3) is 10.9 Å². The zero-order valence-corrected chi connectivity index (χ0v) is 18.3. The Bertz CT molecular complexity index is 1240. The number of ether oxygens (including phenoxy) is 1. The molecule has 10 nitrogen and oxygen atoms in total. The van der Waals surface area contributed by atoms with Crippen LogP contribution in [0.1, 0.15) is 32.2 Å². The molecule has 0 bridgehead atoms. The molecule has 0 saturated carbocycles. The third kappa shape index (κ3) is 4.86. The van der Waals surface area contributed by atoms with Crippen molar-refractivity contribution in [3.05, 3.63) is 60.3 Å². The van der Waals surface area contributed by atoms with Crippen LogP contribution in [0.5, 0.6) is 11.6 Å². The highest BCUT2D eigenvalue weighted by Crippen LogP contribution is 2.25. The lowest BCUT2D eigenvalue weighted by Gasteiger charge is -2.13. The van der Waals surface area contributed by atoms with Crippen molar-refractivity contribution in [3.8, 4) is 11.6 Å². The summed E-state index contributed by atoms with van der Waals surface area (Å²) >= 11 is 0. The molecule has 0 aliphatic heterocycles. The SMILES string of the molecule is CNCc1cc(Oc2ccc3c(ccn3OC(=O)Nc3cc(C(C)(C)C)n[nH]3)c2)ncn1. The molecule has 4 rings (SSSR count). The van der Waals surface area contributed by atoms with Gasteiger partial charge >= 0.3 is 6.09 Å². The Morgan fingerprint density at radius 2 is 2.00 bits per heavy atom. The summed E-state index contributed by atoms with van der Waals surface area (Å²) in [5.74, 6) is 1.53. The summed E-state index contributed by atoms with van der Waals surface area (Å²) < 4.78 is 7.25. The van der Waals surface area contributed by atoms with E-state index in [1.807, 2.05) is 46.0 Å². The molecule has 0 unspecified atom stereocenters. The van der Waals surface area contributed by atoms with Crippen molar-refractivity contribution < 1.29 is 14.4 Å². The van der Waals surface area contributed by atoms with Gasteiger partial charge in [-0.15, -0.1) is 0 Å². The minimum atomic E-state index is -0.634. The lowest BCUT2D eigenvalue weighted by molar-refractivity contribution is 0.153. The summed E-state index contributed by atoms with van der Waals surface area (Å²) in [5, 5.41) is 13.6. The van der Waals surface area contributed by atoms with Gasteiger partial charge in [0.15, 0.2) is 0 Å². The van der Waals surface area contributed by atoms with Gasteiger partial charge in [-0.05, 0) is 31.3 Å². The van der Waals surface area contributed by atoms with Crippen molar-refractivity contribution in [3.63, 3.8) is 0 Å². The number of nitrogens with zero attached hydrogens (tertiary/aromatic N) is 4. The Morgan fingerprint density at radius 1 is 1.16 bits per heavy atom. The maximum Gasteiger partial charge on any atom is 0.437 e. The number of aromatic nitrogens is 5. The lowest BCUT2D eigenvalue weighted by Crippen LogP contribution is -2.24. The van der Waals surface area contributed by atoms with Crippen molar-refractivity contribution in [2.24, 2.45) is 0 Å². The van der Waals surface area contributed by atoms with Crippen LogP contribution in [-0.2, 0) is 12.0 Å². The van der Waals surface area contributed by atoms with Crippen LogP contribution in [0.4, 0.5) is 10.6 Å². The fraction of sp³-hybridized carbons (Fsp3) is 0.273. The Kier molecular flexibility index (Phi) is 5.78. The number of carbonyl (C=O) groups is 1. The Morgan fingerprint density at radius 3 is 2.75 bits per heavy atom. The molecule has 166 valence electrons.